The number of benzene rings is 1. The Morgan fingerprint density at radius 1 is 0.939 bits per heavy atom. The van der Waals surface area contributed by atoms with E-state index in [0.29, 0.717) is 22.2 Å². The first-order valence-electron chi connectivity index (χ1n) is 11.2. The molecule has 0 bridgehead atoms. The first-order valence-corrected chi connectivity index (χ1v) is 11.6. The zero-order valence-electron chi connectivity index (χ0n) is 18.4. The van der Waals surface area contributed by atoms with Crippen LogP contribution in [-0.2, 0) is 0 Å². The third kappa shape index (κ3) is 4.44. The lowest BCUT2D eigenvalue weighted by Crippen LogP contribution is -2.52. The van der Waals surface area contributed by atoms with E-state index in [0.717, 1.165) is 63.3 Å². The molecule has 2 fully saturated rings. The first-order chi connectivity index (χ1) is 16.0. The van der Waals surface area contributed by atoms with Crippen LogP contribution >= 0.6 is 11.6 Å². The molecule has 2 saturated heterocycles. The second-order valence-electron chi connectivity index (χ2n) is 8.53. The molecule has 1 aromatic carbocycles. The summed E-state index contributed by atoms with van der Waals surface area (Å²) in [6, 6.07) is 9.57. The van der Waals surface area contributed by atoms with E-state index in [1.54, 1.807) is 12.3 Å². The lowest BCUT2D eigenvalue weighted by Gasteiger charge is -2.41. The predicted octanol–water partition coefficient (Wildman–Crippen LogP) is 4.79. The summed E-state index contributed by atoms with van der Waals surface area (Å²) < 4.78 is 27.5. The van der Waals surface area contributed by atoms with Crippen LogP contribution in [0.25, 0.3) is 11.3 Å². The zero-order valence-corrected chi connectivity index (χ0v) is 19.1. The van der Waals surface area contributed by atoms with Crippen molar-refractivity contribution in [3.8, 4) is 11.3 Å². The molecule has 0 spiro atoms. The molecule has 33 heavy (non-hydrogen) atoms. The Labute approximate surface area is 196 Å². The molecular weight excluding hydrogens is 446 g/mol. The van der Waals surface area contributed by atoms with E-state index in [1.807, 2.05) is 18.2 Å². The van der Waals surface area contributed by atoms with Gasteiger partial charge in [0.05, 0.1) is 10.7 Å². The highest BCUT2D eigenvalue weighted by Crippen LogP contribution is 2.31. The summed E-state index contributed by atoms with van der Waals surface area (Å²) in [7, 11) is 0. The van der Waals surface area contributed by atoms with E-state index in [4.69, 9.17) is 21.6 Å². The number of pyridine rings is 1. The number of halogens is 3. The van der Waals surface area contributed by atoms with Crippen LogP contribution in [0, 0.1) is 11.6 Å². The van der Waals surface area contributed by atoms with Crippen molar-refractivity contribution in [2.75, 3.05) is 47.4 Å². The van der Waals surface area contributed by atoms with Gasteiger partial charge in [0.1, 0.15) is 11.6 Å². The molecule has 172 valence electrons. The smallest absolute Gasteiger partial charge is 0.227 e. The first kappa shape index (κ1) is 21.8. The SMILES string of the molecule is C[C@H]1CN(c2ncccc2Cl)CCN1c1cc(-c2ccc(F)c(F)c2)nc(N2CCCC2)n1. The van der Waals surface area contributed by atoms with E-state index >= 15 is 0 Å². The van der Waals surface area contributed by atoms with Crippen LogP contribution in [0.5, 0.6) is 0 Å². The molecule has 0 saturated carbocycles. The van der Waals surface area contributed by atoms with Crippen molar-refractivity contribution in [2.24, 2.45) is 0 Å². The van der Waals surface area contributed by atoms with Crippen LogP contribution in [0.3, 0.4) is 0 Å². The fourth-order valence-electron chi connectivity index (χ4n) is 4.53. The molecule has 0 aliphatic carbocycles. The second-order valence-corrected chi connectivity index (χ2v) is 8.94. The highest BCUT2D eigenvalue weighted by Gasteiger charge is 2.28. The van der Waals surface area contributed by atoms with Gasteiger partial charge in [-0.3, -0.25) is 0 Å². The Morgan fingerprint density at radius 3 is 2.48 bits per heavy atom. The highest BCUT2D eigenvalue weighted by atomic mass is 35.5. The van der Waals surface area contributed by atoms with Gasteiger partial charge < -0.3 is 14.7 Å². The number of rotatable bonds is 4. The Balaban J connectivity index is 1.47. The molecule has 4 heterocycles. The van der Waals surface area contributed by atoms with Crippen molar-refractivity contribution in [2.45, 2.75) is 25.8 Å². The summed E-state index contributed by atoms with van der Waals surface area (Å²) in [5, 5.41) is 0.636. The molecule has 5 rings (SSSR count). The summed E-state index contributed by atoms with van der Waals surface area (Å²) in [5.74, 6) is 0.446. The van der Waals surface area contributed by atoms with Gasteiger partial charge in [0, 0.05) is 56.6 Å². The summed E-state index contributed by atoms with van der Waals surface area (Å²) in [5.41, 5.74) is 1.12. The number of anilines is 3. The molecule has 0 N–H and O–H groups in total. The molecule has 2 aliphatic heterocycles. The highest BCUT2D eigenvalue weighted by molar-refractivity contribution is 6.32. The number of hydrogen-bond acceptors (Lipinski definition) is 6. The van der Waals surface area contributed by atoms with Crippen molar-refractivity contribution in [3.63, 3.8) is 0 Å². The van der Waals surface area contributed by atoms with Crippen molar-refractivity contribution in [1.29, 1.82) is 0 Å². The minimum absolute atomic E-state index is 0.135. The Bertz CT molecular complexity index is 1150. The monoisotopic (exact) mass is 470 g/mol. The number of aromatic nitrogens is 3. The molecule has 2 aromatic heterocycles. The molecule has 0 amide bonds. The van der Waals surface area contributed by atoms with Gasteiger partial charge in [-0.15, -0.1) is 0 Å². The number of nitrogens with zero attached hydrogens (tertiary/aromatic N) is 6. The summed E-state index contributed by atoms with van der Waals surface area (Å²) in [4.78, 5) is 20.6. The van der Waals surface area contributed by atoms with Crippen LogP contribution in [0.4, 0.5) is 26.4 Å². The third-order valence-electron chi connectivity index (χ3n) is 6.27. The van der Waals surface area contributed by atoms with Gasteiger partial charge in [-0.1, -0.05) is 11.6 Å². The normalized spacial score (nSPS) is 18.8. The van der Waals surface area contributed by atoms with Crippen LogP contribution in [0.15, 0.2) is 42.6 Å². The van der Waals surface area contributed by atoms with Crippen LogP contribution in [0.2, 0.25) is 5.02 Å². The predicted molar refractivity (Wildman–Crippen MR) is 127 cm³/mol. The largest absolute Gasteiger partial charge is 0.352 e. The van der Waals surface area contributed by atoms with Gasteiger partial charge in [-0.25, -0.2) is 18.7 Å². The average Bonchev–Trinajstić information content (AvgIpc) is 3.36. The van der Waals surface area contributed by atoms with Gasteiger partial charge >= 0.3 is 0 Å². The summed E-state index contributed by atoms with van der Waals surface area (Å²) in [6.07, 6.45) is 3.93. The fourth-order valence-corrected chi connectivity index (χ4v) is 4.77. The van der Waals surface area contributed by atoms with E-state index in [1.165, 1.54) is 6.07 Å². The van der Waals surface area contributed by atoms with E-state index in [9.17, 15) is 8.78 Å². The third-order valence-corrected chi connectivity index (χ3v) is 6.56. The fraction of sp³-hybridized carbons (Fsp3) is 0.375. The molecular formula is C24H25ClF2N6. The molecule has 1 atom stereocenters. The maximum absolute atomic E-state index is 14.0. The number of hydrogen-bond donors (Lipinski definition) is 0. The topological polar surface area (TPSA) is 48.4 Å². The van der Waals surface area contributed by atoms with Crippen LogP contribution < -0.4 is 14.7 Å². The van der Waals surface area contributed by atoms with Crippen molar-refractivity contribution < 1.29 is 8.78 Å². The Kier molecular flexibility index (Phi) is 6.01. The van der Waals surface area contributed by atoms with Crippen molar-refractivity contribution >= 4 is 29.2 Å². The average molecular weight is 471 g/mol. The molecule has 0 unspecified atom stereocenters. The molecule has 0 radical (unpaired) electrons. The minimum Gasteiger partial charge on any atom is -0.352 e. The number of piperazine rings is 1. The molecule has 2 aliphatic rings. The zero-order chi connectivity index (χ0) is 22.9. The molecule has 6 nitrogen and oxygen atoms in total. The van der Waals surface area contributed by atoms with Gasteiger partial charge in [-0.2, -0.15) is 4.98 Å². The van der Waals surface area contributed by atoms with Gasteiger partial charge in [-0.05, 0) is 50.1 Å². The maximum Gasteiger partial charge on any atom is 0.227 e. The van der Waals surface area contributed by atoms with E-state index in [2.05, 4.69) is 26.6 Å². The van der Waals surface area contributed by atoms with Gasteiger partial charge in [0.25, 0.3) is 0 Å². The van der Waals surface area contributed by atoms with Crippen LogP contribution in [0.1, 0.15) is 19.8 Å². The van der Waals surface area contributed by atoms with Crippen LogP contribution in [-0.4, -0.2) is 53.7 Å². The minimum atomic E-state index is -0.885. The van der Waals surface area contributed by atoms with Gasteiger partial charge in [0.2, 0.25) is 5.95 Å². The summed E-state index contributed by atoms with van der Waals surface area (Å²) in [6.45, 7) is 6.12. The summed E-state index contributed by atoms with van der Waals surface area (Å²) >= 11 is 6.36. The standard InChI is InChI=1S/C24H25ClF2N6/c1-16-15-32(23-18(25)5-4-8-28-23)11-12-33(16)22-14-21(17-6-7-19(26)20(27)13-17)29-24(30-22)31-9-2-3-10-31/h4-8,13-14,16H,2-3,9-12,15H2,1H3/t16-/m0/s1. The molecule has 3 aromatic rings. The maximum atomic E-state index is 14.0. The Hall–Kier alpha value is -3.00. The van der Waals surface area contributed by atoms with E-state index < -0.39 is 11.6 Å². The van der Waals surface area contributed by atoms with Crippen molar-refractivity contribution in [1.82, 2.24) is 15.0 Å². The lowest BCUT2D eigenvalue weighted by molar-refractivity contribution is 0.509. The van der Waals surface area contributed by atoms with E-state index in [-0.39, 0.29) is 6.04 Å². The van der Waals surface area contributed by atoms with Crippen molar-refractivity contribution in [3.05, 3.63) is 59.3 Å². The second kappa shape index (κ2) is 9.09. The van der Waals surface area contributed by atoms with Gasteiger partial charge in [0.15, 0.2) is 11.6 Å². The lowest BCUT2D eigenvalue weighted by atomic mass is 10.1. The molecule has 9 heteroatoms. The Morgan fingerprint density at radius 2 is 1.76 bits per heavy atom. The quantitative estimate of drug-likeness (QED) is 0.546.